The quantitative estimate of drug-likeness (QED) is 0.650. The molecule has 1 aliphatic heterocycles. The Kier molecular flexibility index (Phi) is 5.38. The number of nitrogens with zero attached hydrogens (tertiary/aromatic N) is 1. The van der Waals surface area contributed by atoms with Crippen LogP contribution in [0.25, 0.3) is 0 Å². The van der Waals surface area contributed by atoms with Gasteiger partial charge in [0.05, 0.1) is 10.6 Å². The molecule has 0 saturated carbocycles. The van der Waals surface area contributed by atoms with E-state index in [4.69, 9.17) is 0 Å². The zero-order chi connectivity index (χ0) is 20.4. The molecular formula is C21H18F3N3OS. The largest absolute Gasteiger partial charge is 0.416 e. The van der Waals surface area contributed by atoms with Crippen molar-refractivity contribution in [3.63, 3.8) is 0 Å². The molecule has 0 unspecified atom stereocenters. The molecule has 0 bridgehead atoms. The van der Waals surface area contributed by atoms with Crippen LogP contribution < -0.4 is 10.6 Å². The predicted octanol–water partition coefficient (Wildman–Crippen LogP) is 4.65. The lowest BCUT2D eigenvalue weighted by atomic mass is 9.98. The summed E-state index contributed by atoms with van der Waals surface area (Å²) in [7, 11) is 0. The second-order valence-corrected chi connectivity index (χ2v) is 7.81. The zero-order valence-electron chi connectivity index (χ0n) is 15.3. The molecule has 0 atom stereocenters. The van der Waals surface area contributed by atoms with Crippen LogP contribution in [0.2, 0.25) is 0 Å². The van der Waals surface area contributed by atoms with Crippen LogP contribution in [0.5, 0.6) is 0 Å². The lowest BCUT2D eigenvalue weighted by Crippen LogP contribution is -2.24. The maximum atomic E-state index is 12.9. The van der Waals surface area contributed by atoms with Gasteiger partial charge in [0.15, 0.2) is 0 Å². The van der Waals surface area contributed by atoms with E-state index in [9.17, 15) is 18.0 Å². The van der Waals surface area contributed by atoms with Crippen LogP contribution in [-0.4, -0.2) is 17.4 Å². The average Bonchev–Trinajstić information content (AvgIpc) is 3.13. The molecule has 1 amide bonds. The number of fused-ring (bicyclic) bond motifs is 1. The highest BCUT2D eigenvalue weighted by molar-refractivity contribution is 7.10. The van der Waals surface area contributed by atoms with Gasteiger partial charge in [0.2, 0.25) is 0 Å². The first-order valence-electron chi connectivity index (χ1n) is 9.13. The van der Waals surface area contributed by atoms with Gasteiger partial charge in [-0.1, -0.05) is 24.3 Å². The van der Waals surface area contributed by atoms with Gasteiger partial charge >= 0.3 is 6.18 Å². The summed E-state index contributed by atoms with van der Waals surface area (Å²) in [6.07, 6.45) is -3.21. The summed E-state index contributed by atoms with van der Waals surface area (Å²) in [5.74, 6) is 0.156. The molecule has 8 heteroatoms. The minimum absolute atomic E-state index is 0.248. The van der Waals surface area contributed by atoms with Crippen LogP contribution >= 0.6 is 11.3 Å². The molecule has 0 radical (unpaired) electrons. The first-order valence-corrected chi connectivity index (χ1v) is 10.0. The van der Waals surface area contributed by atoms with Crippen molar-refractivity contribution in [3.05, 3.63) is 80.7 Å². The normalized spacial score (nSPS) is 13.8. The Morgan fingerprint density at radius 3 is 2.86 bits per heavy atom. The highest BCUT2D eigenvalue weighted by Gasteiger charge is 2.30. The standard InChI is InChI=1S/C21H18F3N3OS/c22-21(23,24)17-3-1-2-13(8-17)9-19-26-18(12-29-19)27-20(28)15-4-5-16-11-25-7-6-14(16)10-15/h1-5,8,10,12,25H,6-7,9,11H2,(H,27,28). The van der Waals surface area contributed by atoms with Crippen LogP contribution in [0.3, 0.4) is 0 Å². The van der Waals surface area contributed by atoms with Gasteiger partial charge in [-0.05, 0) is 47.9 Å². The maximum Gasteiger partial charge on any atom is 0.416 e. The van der Waals surface area contributed by atoms with Crippen molar-refractivity contribution in [1.82, 2.24) is 10.3 Å². The van der Waals surface area contributed by atoms with Crippen molar-refractivity contribution in [2.75, 3.05) is 11.9 Å². The molecule has 29 heavy (non-hydrogen) atoms. The smallest absolute Gasteiger partial charge is 0.312 e. The zero-order valence-corrected chi connectivity index (χ0v) is 16.2. The number of carbonyl (C=O) groups excluding carboxylic acids is 1. The van der Waals surface area contributed by atoms with Crippen LogP contribution in [-0.2, 0) is 25.6 Å². The van der Waals surface area contributed by atoms with Gasteiger partial charge in [0.25, 0.3) is 5.91 Å². The van der Waals surface area contributed by atoms with Gasteiger partial charge in [-0.2, -0.15) is 13.2 Å². The molecule has 3 aromatic rings. The number of hydrogen-bond donors (Lipinski definition) is 2. The summed E-state index contributed by atoms with van der Waals surface area (Å²) in [5, 5.41) is 8.40. The summed E-state index contributed by atoms with van der Waals surface area (Å²) >= 11 is 1.30. The molecule has 2 aromatic carbocycles. The Balaban J connectivity index is 1.44. The average molecular weight is 417 g/mol. The van der Waals surface area contributed by atoms with Crippen molar-refractivity contribution in [2.45, 2.75) is 25.6 Å². The molecule has 1 aliphatic rings. The second-order valence-electron chi connectivity index (χ2n) is 6.87. The lowest BCUT2D eigenvalue weighted by molar-refractivity contribution is -0.137. The molecule has 1 aromatic heterocycles. The van der Waals surface area contributed by atoms with E-state index < -0.39 is 11.7 Å². The molecule has 0 fully saturated rings. The van der Waals surface area contributed by atoms with Gasteiger partial charge in [-0.3, -0.25) is 4.79 Å². The van der Waals surface area contributed by atoms with E-state index in [1.807, 2.05) is 12.1 Å². The number of anilines is 1. The fourth-order valence-corrected chi connectivity index (χ4v) is 4.05. The third kappa shape index (κ3) is 4.65. The van der Waals surface area contributed by atoms with Gasteiger partial charge in [0.1, 0.15) is 5.82 Å². The van der Waals surface area contributed by atoms with E-state index in [0.29, 0.717) is 22.0 Å². The summed E-state index contributed by atoms with van der Waals surface area (Å²) in [4.78, 5) is 16.9. The number of alkyl halides is 3. The van der Waals surface area contributed by atoms with Crippen LogP contribution in [0.4, 0.5) is 19.0 Å². The molecule has 4 nitrogen and oxygen atoms in total. The Labute approximate surface area is 169 Å². The first kappa shape index (κ1) is 19.6. The van der Waals surface area contributed by atoms with Crippen molar-refractivity contribution in [3.8, 4) is 0 Å². The van der Waals surface area contributed by atoms with Crippen molar-refractivity contribution in [2.24, 2.45) is 0 Å². The van der Waals surface area contributed by atoms with Crippen LogP contribution in [0.15, 0.2) is 47.8 Å². The Bertz CT molecular complexity index is 1050. The van der Waals surface area contributed by atoms with E-state index in [1.165, 1.54) is 28.5 Å². The number of thiazole rings is 1. The molecule has 0 spiro atoms. The number of carbonyl (C=O) groups is 1. The van der Waals surface area contributed by atoms with Crippen molar-refractivity contribution in [1.29, 1.82) is 0 Å². The fourth-order valence-electron chi connectivity index (χ4n) is 3.29. The number of aromatic nitrogens is 1. The maximum absolute atomic E-state index is 12.9. The number of amides is 1. The van der Waals surface area contributed by atoms with E-state index in [2.05, 4.69) is 15.6 Å². The van der Waals surface area contributed by atoms with E-state index in [1.54, 1.807) is 17.5 Å². The van der Waals surface area contributed by atoms with Crippen molar-refractivity contribution >= 4 is 23.1 Å². The molecule has 0 aliphatic carbocycles. The van der Waals surface area contributed by atoms with E-state index >= 15 is 0 Å². The number of nitrogens with one attached hydrogen (secondary N) is 2. The Hall–Kier alpha value is -2.71. The predicted molar refractivity (Wildman–Crippen MR) is 106 cm³/mol. The lowest BCUT2D eigenvalue weighted by Gasteiger charge is -2.17. The summed E-state index contributed by atoms with van der Waals surface area (Å²) in [6, 6.07) is 10.8. The van der Waals surface area contributed by atoms with Crippen molar-refractivity contribution < 1.29 is 18.0 Å². The van der Waals surface area contributed by atoms with E-state index in [0.717, 1.165) is 31.6 Å². The fraction of sp³-hybridized carbons (Fsp3) is 0.238. The van der Waals surface area contributed by atoms with Crippen LogP contribution in [0.1, 0.15) is 37.6 Å². The minimum atomic E-state index is -4.37. The second kappa shape index (κ2) is 7.96. The molecule has 2 heterocycles. The third-order valence-corrected chi connectivity index (χ3v) is 5.61. The third-order valence-electron chi connectivity index (χ3n) is 4.76. The highest BCUT2D eigenvalue weighted by Crippen LogP contribution is 2.30. The van der Waals surface area contributed by atoms with Gasteiger partial charge in [-0.25, -0.2) is 4.98 Å². The van der Waals surface area contributed by atoms with Crippen LogP contribution in [0, 0.1) is 0 Å². The number of halogens is 3. The summed E-state index contributed by atoms with van der Waals surface area (Å²) in [5.41, 5.74) is 2.78. The summed E-state index contributed by atoms with van der Waals surface area (Å²) < 4.78 is 38.6. The minimum Gasteiger partial charge on any atom is -0.312 e. The number of benzene rings is 2. The van der Waals surface area contributed by atoms with E-state index in [-0.39, 0.29) is 12.3 Å². The van der Waals surface area contributed by atoms with Gasteiger partial charge < -0.3 is 10.6 Å². The number of hydrogen-bond acceptors (Lipinski definition) is 4. The topological polar surface area (TPSA) is 54.0 Å². The number of rotatable bonds is 4. The SMILES string of the molecule is O=C(Nc1csc(Cc2cccc(C(F)(F)F)c2)n1)c1ccc2c(c1)CCNC2. The van der Waals surface area contributed by atoms with Gasteiger partial charge in [-0.15, -0.1) is 11.3 Å². The highest BCUT2D eigenvalue weighted by atomic mass is 32.1. The Morgan fingerprint density at radius 2 is 2.03 bits per heavy atom. The molecule has 2 N–H and O–H groups in total. The summed E-state index contributed by atoms with van der Waals surface area (Å²) in [6.45, 7) is 1.70. The molecule has 0 saturated heterocycles. The Morgan fingerprint density at radius 1 is 1.17 bits per heavy atom. The molecule has 150 valence electrons. The first-order chi connectivity index (χ1) is 13.9. The monoisotopic (exact) mass is 417 g/mol. The molecular weight excluding hydrogens is 399 g/mol. The van der Waals surface area contributed by atoms with Gasteiger partial charge in [0, 0.05) is 23.9 Å². The molecule has 4 rings (SSSR count).